The van der Waals surface area contributed by atoms with Crippen molar-refractivity contribution in [1.82, 2.24) is 10.2 Å². The van der Waals surface area contributed by atoms with Crippen molar-refractivity contribution >= 4 is 0 Å². The van der Waals surface area contributed by atoms with Crippen molar-refractivity contribution in [3.63, 3.8) is 0 Å². The molecular weight excluding hydrogens is 224 g/mol. The molecule has 0 amide bonds. The second-order valence-electron chi connectivity index (χ2n) is 6.25. The fraction of sp³-hybridized carbons (Fsp3) is 1.00. The first-order valence-electron chi connectivity index (χ1n) is 7.83. The Morgan fingerprint density at radius 3 is 2.94 bits per heavy atom. The van der Waals surface area contributed by atoms with Crippen LogP contribution in [0.5, 0.6) is 0 Å². The monoisotopic (exact) mass is 254 g/mol. The van der Waals surface area contributed by atoms with Gasteiger partial charge in [-0.25, -0.2) is 0 Å². The van der Waals surface area contributed by atoms with E-state index in [-0.39, 0.29) is 0 Å². The number of morpholine rings is 1. The average Bonchev–Trinajstić information content (AvgIpc) is 2.38. The van der Waals surface area contributed by atoms with Gasteiger partial charge in [-0.2, -0.15) is 0 Å². The zero-order valence-electron chi connectivity index (χ0n) is 12.2. The zero-order chi connectivity index (χ0) is 12.8. The lowest BCUT2D eigenvalue weighted by Gasteiger charge is -2.43. The zero-order valence-corrected chi connectivity index (χ0v) is 12.2. The summed E-state index contributed by atoms with van der Waals surface area (Å²) in [7, 11) is 0. The van der Waals surface area contributed by atoms with Crippen LogP contribution < -0.4 is 5.32 Å². The predicted octanol–water partition coefficient (Wildman–Crippen LogP) is 2.27. The molecule has 1 N–H and O–H groups in total. The Morgan fingerprint density at radius 1 is 1.28 bits per heavy atom. The van der Waals surface area contributed by atoms with Crippen LogP contribution in [-0.2, 0) is 4.74 Å². The molecule has 1 saturated heterocycles. The molecule has 1 saturated carbocycles. The molecule has 0 radical (unpaired) electrons. The van der Waals surface area contributed by atoms with E-state index in [2.05, 4.69) is 24.1 Å². The van der Waals surface area contributed by atoms with Gasteiger partial charge in [-0.1, -0.05) is 26.7 Å². The first-order valence-corrected chi connectivity index (χ1v) is 7.83. The Labute approximate surface area is 112 Å². The Morgan fingerprint density at radius 2 is 2.11 bits per heavy atom. The van der Waals surface area contributed by atoms with Crippen LogP contribution in [0.2, 0.25) is 0 Å². The first-order chi connectivity index (χ1) is 8.77. The summed E-state index contributed by atoms with van der Waals surface area (Å²) in [5, 5.41) is 3.54. The van der Waals surface area contributed by atoms with Crippen LogP contribution >= 0.6 is 0 Å². The maximum Gasteiger partial charge on any atom is 0.0730 e. The number of nitrogens with one attached hydrogen (secondary N) is 1. The third-order valence-electron chi connectivity index (χ3n) is 4.20. The highest BCUT2D eigenvalue weighted by atomic mass is 16.5. The maximum absolute atomic E-state index is 5.91. The molecule has 3 nitrogen and oxygen atoms in total. The molecule has 2 unspecified atom stereocenters. The molecule has 1 aliphatic carbocycles. The van der Waals surface area contributed by atoms with E-state index in [1.165, 1.54) is 38.6 Å². The molecule has 2 atom stereocenters. The minimum atomic E-state index is 0.538. The molecule has 18 heavy (non-hydrogen) atoms. The summed E-state index contributed by atoms with van der Waals surface area (Å²) in [6.07, 6.45) is 7.21. The van der Waals surface area contributed by atoms with E-state index in [1.54, 1.807) is 0 Å². The molecule has 2 aliphatic rings. The molecule has 2 fully saturated rings. The Bertz CT molecular complexity index is 231. The second-order valence-corrected chi connectivity index (χ2v) is 6.25. The van der Waals surface area contributed by atoms with Crippen LogP contribution in [0.25, 0.3) is 0 Å². The number of rotatable bonds is 6. The lowest BCUT2D eigenvalue weighted by Crippen LogP contribution is -2.53. The van der Waals surface area contributed by atoms with Gasteiger partial charge in [-0.05, 0) is 44.8 Å². The maximum atomic E-state index is 5.91. The molecule has 0 bridgehead atoms. The number of nitrogens with zero attached hydrogens (tertiary/aromatic N) is 1. The lowest BCUT2D eigenvalue weighted by atomic mass is 9.90. The van der Waals surface area contributed by atoms with Gasteiger partial charge in [0.2, 0.25) is 0 Å². The van der Waals surface area contributed by atoms with Gasteiger partial charge in [0.25, 0.3) is 0 Å². The fourth-order valence-corrected chi connectivity index (χ4v) is 3.25. The average molecular weight is 254 g/mol. The van der Waals surface area contributed by atoms with E-state index in [1.807, 2.05) is 0 Å². The number of fused-ring (bicyclic) bond motifs is 1. The smallest absolute Gasteiger partial charge is 0.0730 e. The molecule has 0 aromatic carbocycles. The van der Waals surface area contributed by atoms with Gasteiger partial charge in [0.1, 0.15) is 0 Å². The largest absolute Gasteiger partial charge is 0.375 e. The molecule has 1 aliphatic heterocycles. The van der Waals surface area contributed by atoms with Crippen molar-refractivity contribution in [1.29, 1.82) is 0 Å². The summed E-state index contributed by atoms with van der Waals surface area (Å²) >= 11 is 0. The van der Waals surface area contributed by atoms with Crippen LogP contribution in [0.15, 0.2) is 0 Å². The third kappa shape index (κ3) is 4.22. The van der Waals surface area contributed by atoms with Crippen LogP contribution in [0.4, 0.5) is 0 Å². The van der Waals surface area contributed by atoms with Gasteiger partial charge in [0.05, 0.1) is 12.7 Å². The van der Waals surface area contributed by atoms with Crippen molar-refractivity contribution in [2.75, 3.05) is 32.8 Å². The van der Waals surface area contributed by atoms with Gasteiger partial charge in [0, 0.05) is 12.6 Å². The summed E-state index contributed by atoms with van der Waals surface area (Å²) in [5.74, 6) is 0.760. The van der Waals surface area contributed by atoms with Crippen molar-refractivity contribution in [3.05, 3.63) is 0 Å². The van der Waals surface area contributed by atoms with E-state index in [0.29, 0.717) is 6.10 Å². The topological polar surface area (TPSA) is 24.5 Å². The van der Waals surface area contributed by atoms with Gasteiger partial charge in [-0.3, -0.25) is 4.90 Å². The SMILES string of the molecule is CC(C)CNCCCN1CCOC2CCCCC21. The van der Waals surface area contributed by atoms with E-state index in [4.69, 9.17) is 4.74 Å². The molecular formula is C15H30N2O. The fourth-order valence-electron chi connectivity index (χ4n) is 3.25. The predicted molar refractivity (Wildman–Crippen MR) is 75.9 cm³/mol. The quantitative estimate of drug-likeness (QED) is 0.736. The van der Waals surface area contributed by atoms with Gasteiger partial charge >= 0.3 is 0 Å². The van der Waals surface area contributed by atoms with Crippen molar-refractivity contribution in [2.24, 2.45) is 5.92 Å². The molecule has 3 heteroatoms. The summed E-state index contributed by atoms with van der Waals surface area (Å²) in [4.78, 5) is 2.68. The van der Waals surface area contributed by atoms with Crippen molar-refractivity contribution in [2.45, 2.75) is 58.1 Å². The van der Waals surface area contributed by atoms with E-state index < -0.39 is 0 Å². The molecule has 2 rings (SSSR count). The van der Waals surface area contributed by atoms with Gasteiger partial charge in [0.15, 0.2) is 0 Å². The highest BCUT2D eigenvalue weighted by Crippen LogP contribution is 2.28. The summed E-state index contributed by atoms with van der Waals surface area (Å²) in [6, 6.07) is 0.720. The van der Waals surface area contributed by atoms with E-state index in [0.717, 1.165) is 38.2 Å². The number of ether oxygens (including phenoxy) is 1. The van der Waals surface area contributed by atoms with Crippen molar-refractivity contribution < 1.29 is 4.74 Å². The highest BCUT2D eigenvalue weighted by molar-refractivity contribution is 4.87. The minimum absolute atomic E-state index is 0.538. The van der Waals surface area contributed by atoms with Crippen LogP contribution in [0.1, 0.15) is 46.0 Å². The van der Waals surface area contributed by atoms with Gasteiger partial charge < -0.3 is 10.1 Å². The molecule has 0 spiro atoms. The normalized spacial score (nSPS) is 29.5. The lowest BCUT2D eigenvalue weighted by molar-refractivity contribution is -0.0880. The summed E-state index contributed by atoms with van der Waals surface area (Å²) < 4.78 is 5.91. The van der Waals surface area contributed by atoms with E-state index >= 15 is 0 Å². The minimum Gasteiger partial charge on any atom is -0.375 e. The van der Waals surface area contributed by atoms with E-state index in [9.17, 15) is 0 Å². The summed E-state index contributed by atoms with van der Waals surface area (Å²) in [5.41, 5.74) is 0. The number of hydrogen-bond acceptors (Lipinski definition) is 3. The standard InChI is InChI=1S/C15H30N2O/c1-13(2)12-16-8-5-9-17-10-11-18-15-7-4-3-6-14(15)17/h13-16H,3-12H2,1-2H3. The second kappa shape index (κ2) is 7.46. The molecule has 0 aromatic heterocycles. The van der Waals surface area contributed by atoms with Gasteiger partial charge in [-0.15, -0.1) is 0 Å². The Balaban J connectivity index is 1.65. The highest BCUT2D eigenvalue weighted by Gasteiger charge is 2.33. The third-order valence-corrected chi connectivity index (χ3v) is 4.20. The Kier molecular flexibility index (Phi) is 5.93. The molecule has 106 valence electrons. The van der Waals surface area contributed by atoms with Crippen molar-refractivity contribution in [3.8, 4) is 0 Å². The summed E-state index contributed by atoms with van der Waals surface area (Å²) in [6.45, 7) is 10.2. The Hall–Kier alpha value is -0.120. The molecule has 1 heterocycles. The first kappa shape index (κ1) is 14.3. The number of hydrogen-bond donors (Lipinski definition) is 1. The van der Waals surface area contributed by atoms with Crippen LogP contribution in [-0.4, -0.2) is 49.8 Å². The molecule has 0 aromatic rings. The van der Waals surface area contributed by atoms with Crippen LogP contribution in [0, 0.1) is 5.92 Å². The van der Waals surface area contributed by atoms with Crippen LogP contribution in [0.3, 0.4) is 0 Å².